The molecule has 1 N–H and O–H groups in total. The van der Waals surface area contributed by atoms with Crippen molar-refractivity contribution >= 4 is 28.6 Å². The van der Waals surface area contributed by atoms with Gasteiger partial charge in [-0.05, 0) is 43.7 Å². The minimum atomic E-state index is -0.563. The number of rotatable bonds is 6. The van der Waals surface area contributed by atoms with Crippen LogP contribution < -0.4 is 10.9 Å². The third-order valence-electron chi connectivity index (χ3n) is 5.15. The van der Waals surface area contributed by atoms with Gasteiger partial charge in [0.2, 0.25) is 5.91 Å². The zero-order valence-corrected chi connectivity index (χ0v) is 18.5. The Kier molecular flexibility index (Phi) is 6.37. The monoisotopic (exact) mass is 447 g/mol. The summed E-state index contributed by atoms with van der Waals surface area (Å²) in [7, 11) is 0. The summed E-state index contributed by atoms with van der Waals surface area (Å²) in [6.45, 7) is 3.65. The molecule has 3 aromatic carbocycles. The van der Waals surface area contributed by atoms with Gasteiger partial charge in [0, 0.05) is 0 Å². The Bertz CT molecular complexity index is 1320. The molecule has 2 atom stereocenters. The molecule has 5 nitrogen and oxygen atoms in total. The van der Waals surface area contributed by atoms with E-state index in [4.69, 9.17) is 0 Å². The molecule has 0 bridgehead atoms. The molecular weight excluding hydrogens is 425 g/mol. The van der Waals surface area contributed by atoms with Gasteiger partial charge in [-0.1, -0.05) is 66.4 Å². The highest BCUT2D eigenvalue weighted by Gasteiger charge is 2.22. The molecule has 1 amide bonds. The van der Waals surface area contributed by atoms with Gasteiger partial charge in [-0.2, -0.15) is 0 Å². The van der Waals surface area contributed by atoms with Gasteiger partial charge in [0.05, 0.1) is 27.9 Å². The number of aromatic nitrogens is 2. The van der Waals surface area contributed by atoms with Crippen LogP contribution in [0.3, 0.4) is 0 Å². The summed E-state index contributed by atoms with van der Waals surface area (Å²) in [4.78, 5) is 30.7. The van der Waals surface area contributed by atoms with Crippen molar-refractivity contribution in [1.29, 1.82) is 0 Å². The summed E-state index contributed by atoms with van der Waals surface area (Å²) in [5.74, 6) is -0.739. The van der Waals surface area contributed by atoms with Gasteiger partial charge in [-0.3, -0.25) is 14.2 Å². The average Bonchev–Trinajstić information content (AvgIpc) is 2.80. The SMILES string of the molecule is CC(Sc1nc2ccccc2c(=O)n1-c1ccccc1F)C(=O)NC(C)c1ccccc1. The molecule has 0 saturated heterocycles. The van der Waals surface area contributed by atoms with Crippen LogP contribution in [-0.4, -0.2) is 20.7 Å². The molecule has 2 unspecified atom stereocenters. The zero-order valence-electron chi connectivity index (χ0n) is 17.7. The average molecular weight is 448 g/mol. The Morgan fingerprint density at radius 1 is 0.969 bits per heavy atom. The van der Waals surface area contributed by atoms with E-state index >= 15 is 0 Å². The molecule has 4 aromatic rings. The van der Waals surface area contributed by atoms with Gasteiger partial charge in [-0.25, -0.2) is 9.37 Å². The lowest BCUT2D eigenvalue weighted by atomic mass is 10.1. The van der Waals surface area contributed by atoms with Crippen molar-refractivity contribution in [3.63, 3.8) is 0 Å². The van der Waals surface area contributed by atoms with E-state index in [2.05, 4.69) is 10.3 Å². The maximum Gasteiger partial charge on any atom is 0.266 e. The Morgan fingerprint density at radius 2 is 1.62 bits per heavy atom. The summed E-state index contributed by atoms with van der Waals surface area (Å²) in [6, 6.07) is 22.4. The highest BCUT2D eigenvalue weighted by Crippen LogP contribution is 2.26. The standard InChI is InChI=1S/C25H22FN3O2S/c1-16(18-10-4-3-5-11-18)27-23(30)17(2)32-25-28-21-14-8-6-12-19(21)24(31)29(25)22-15-9-7-13-20(22)26/h3-17H,1-2H3,(H,27,30). The smallest absolute Gasteiger partial charge is 0.266 e. The fraction of sp³-hybridized carbons (Fsp3) is 0.160. The number of nitrogens with one attached hydrogen (secondary N) is 1. The number of para-hydroxylation sites is 2. The number of amides is 1. The fourth-order valence-corrected chi connectivity index (χ4v) is 4.33. The normalized spacial score (nSPS) is 13.0. The van der Waals surface area contributed by atoms with Gasteiger partial charge in [-0.15, -0.1) is 0 Å². The summed E-state index contributed by atoms with van der Waals surface area (Å²) in [6.07, 6.45) is 0. The maximum absolute atomic E-state index is 14.6. The first-order chi connectivity index (χ1) is 15.5. The van der Waals surface area contributed by atoms with Crippen molar-refractivity contribution in [1.82, 2.24) is 14.9 Å². The first-order valence-corrected chi connectivity index (χ1v) is 11.1. The summed E-state index contributed by atoms with van der Waals surface area (Å²) in [5, 5.41) is 3.07. The molecule has 0 aliphatic carbocycles. The highest BCUT2D eigenvalue weighted by atomic mass is 32.2. The predicted octanol–water partition coefficient (Wildman–Crippen LogP) is 4.88. The van der Waals surface area contributed by atoms with Crippen molar-refractivity contribution in [3.05, 3.63) is 101 Å². The second-order valence-electron chi connectivity index (χ2n) is 7.40. The minimum Gasteiger partial charge on any atom is -0.349 e. The number of hydrogen-bond acceptors (Lipinski definition) is 4. The van der Waals surface area contributed by atoms with E-state index in [-0.39, 0.29) is 28.4 Å². The van der Waals surface area contributed by atoms with Gasteiger partial charge < -0.3 is 5.32 Å². The Balaban J connectivity index is 1.69. The Morgan fingerprint density at radius 3 is 2.38 bits per heavy atom. The van der Waals surface area contributed by atoms with Gasteiger partial charge in [0.25, 0.3) is 5.56 Å². The maximum atomic E-state index is 14.6. The molecule has 1 heterocycles. The molecule has 7 heteroatoms. The molecule has 0 fully saturated rings. The number of benzene rings is 3. The van der Waals surface area contributed by atoms with Crippen LogP contribution in [0.25, 0.3) is 16.6 Å². The summed E-state index contributed by atoms with van der Waals surface area (Å²) >= 11 is 1.12. The second-order valence-corrected chi connectivity index (χ2v) is 8.71. The topological polar surface area (TPSA) is 64.0 Å². The molecule has 4 rings (SSSR count). The van der Waals surface area contributed by atoms with Crippen LogP contribution in [0.4, 0.5) is 4.39 Å². The van der Waals surface area contributed by atoms with Crippen LogP contribution in [0.1, 0.15) is 25.5 Å². The molecule has 0 aliphatic rings. The number of carbonyl (C=O) groups is 1. The van der Waals surface area contributed by atoms with Crippen molar-refractivity contribution in [2.75, 3.05) is 0 Å². The number of fused-ring (bicyclic) bond motifs is 1. The zero-order chi connectivity index (χ0) is 22.7. The van der Waals surface area contributed by atoms with Crippen molar-refractivity contribution < 1.29 is 9.18 Å². The van der Waals surface area contributed by atoms with Crippen LogP contribution in [0.15, 0.2) is 88.8 Å². The molecule has 32 heavy (non-hydrogen) atoms. The molecule has 0 aliphatic heterocycles. The van der Waals surface area contributed by atoms with Gasteiger partial charge in [0.15, 0.2) is 5.16 Å². The summed E-state index contributed by atoms with van der Waals surface area (Å²) < 4.78 is 15.9. The summed E-state index contributed by atoms with van der Waals surface area (Å²) in [5.41, 5.74) is 1.21. The van der Waals surface area contributed by atoms with Crippen LogP contribution in [0.5, 0.6) is 0 Å². The first kappa shape index (κ1) is 21.8. The number of hydrogen-bond donors (Lipinski definition) is 1. The van der Waals surface area contributed by atoms with E-state index in [1.807, 2.05) is 37.3 Å². The van der Waals surface area contributed by atoms with E-state index in [1.165, 1.54) is 16.7 Å². The van der Waals surface area contributed by atoms with E-state index in [9.17, 15) is 14.0 Å². The van der Waals surface area contributed by atoms with E-state index in [0.29, 0.717) is 10.9 Å². The minimum absolute atomic E-state index is 0.100. The molecule has 0 spiro atoms. The van der Waals surface area contributed by atoms with E-state index < -0.39 is 11.1 Å². The second kappa shape index (κ2) is 9.36. The van der Waals surface area contributed by atoms with Crippen molar-refractivity contribution in [2.45, 2.75) is 30.3 Å². The van der Waals surface area contributed by atoms with Crippen LogP contribution in [-0.2, 0) is 4.79 Å². The third kappa shape index (κ3) is 4.43. The third-order valence-corrected chi connectivity index (χ3v) is 6.20. The Labute approximate surface area is 189 Å². The largest absolute Gasteiger partial charge is 0.349 e. The molecular formula is C25H22FN3O2S. The number of thioether (sulfide) groups is 1. The lowest BCUT2D eigenvalue weighted by molar-refractivity contribution is -0.120. The fourth-order valence-electron chi connectivity index (χ4n) is 3.40. The highest BCUT2D eigenvalue weighted by molar-refractivity contribution is 8.00. The Hall–Kier alpha value is -3.45. The number of nitrogens with zero attached hydrogens (tertiary/aromatic N) is 2. The van der Waals surface area contributed by atoms with Crippen molar-refractivity contribution in [3.8, 4) is 5.69 Å². The number of halogens is 1. The van der Waals surface area contributed by atoms with Crippen LogP contribution >= 0.6 is 11.8 Å². The molecule has 0 saturated carbocycles. The van der Waals surface area contributed by atoms with Crippen molar-refractivity contribution in [2.24, 2.45) is 0 Å². The molecule has 1 aromatic heterocycles. The number of carbonyl (C=O) groups excluding carboxylic acids is 1. The molecule has 162 valence electrons. The molecule has 0 radical (unpaired) electrons. The predicted molar refractivity (Wildman–Crippen MR) is 126 cm³/mol. The van der Waals surface area contributed by atoms with Gasteiger partial charge in [0.1, 0.15) is 5.82 Å². The van der Waals surface area contributed by atoms with E-state index in [0.717, 1.165) is 17.3 Å². The lowest BCUT2D eigenvalue weighted by Crippen LogP contribution is -2.33. The van der Waals surface area contributed by atoms with Crippen LogP contribution in [0, 0.1) is 5.82 Å². The quantitative estimate of drug-likeness (QED) is 0.338. The van der Waals surface area contributed by atoms with Gasteiger partial charge >= 0.3 is 0 Å². The first-order valence-electron chi connectivity index (χ1n) is 10.2. The van der Waals surface area contributed by atoms with Crippen LogP contribution in [0.2, 0.25) is 0 Å². The van der Waals surface area contributed by atoms with E-state index in [1.54, 1.807) is 43.3 Å². The lowest BCUT2D eigenvalue weighted by Gasteiger charge is -2.19.